The molecule has 1 amide bonds. The van der Waals surface area contributed by atoms with Gasteiger partial charge in [-0.2, -0.15) is 0 Å². The number of nitrogen functional groups attached to an aromatic ring is 1. The van der Waals surface area contributed by atoms with Crippen molar-refractivity contribution in [1.29, 1.82) is 0 Å². The summed E-state index contributed by atoms with van der Waals surface area (Å²) in [5, 5.41) is 0.631. The van der Waals surface area contributed by atoms with Crippen molar-refractivity contribution in [3.63, 3.8) is 0 Å². The number of amides is 1. The topological polar surface area (TPSA) is 74.9 Å². The number of aromatic nitrogens is 1. The summed E-state index contributed by atoms with van der Waals surface area (Å²) >= 11 is 1.55. The smallest absolute Gasteiger partial charge is 0.230 e. The van der Waals surface area contributed by atoms with E-state index in [0.29, 0.717) is 29.5 Å². The normalized spacial score (nSPS) is 33.2. The summed E-state index contributed by atoms with van der Waals surface area (Å²) in [4.78, 5) is 27.0. The van der Waals surface area contributed by atoms with E-state index in [1.54, 1.807) is 11.3 Å². The molecule has 1 aliphatic carbocycles. The quantitative estimate of drug-likeness (QED) is 0.784. The number of rotatable bonds is 3. The second-order valence-electron chi connectivity index (χ2n) is 9.49. The Bertz CT molecular complexity index is 780. The van der Waals surface area contributed by atoms with Gasteiger partial charge in [0.1, 0.15) is 0 Å². The largest absolute Gasteiger partial charge is 0.379 e. The molecule has 2 saturated heterocycles. The van der Waals surface area contributed by atoms with Crippen LogP contribution in [0.1, 0.15) is 43.2 Å². The van der Waals surface area contributed by atoms with Crippen LogP contribution in [0.15, 0.2) is 0 Å². The number of nitrogens with two attached hydrogens (primary N) is 1. The third-order valence-corrected chi connectivity index (χ3v) is 8.94. The van der Waals surface area contributed by atoms with Crippen molar-refractivity contribution in [2.45, 2.75) is 51.6 Å². The van der Waals surface area contributed by atoms with Gasteiger partial charge in [-0.3, -0.25) is 9.69 Å². The van der Waals surface area contributed by atoms with Gasteiger partial charge in [-0.1, -0.05) is 6.92 Å². The van der Waals surface area contributed by atoms with Crippen LogP contribution in [0.4, 0.5) is 5.13 Å². The van der Waals surface area contributed by atoms with Crippen molar-refractivity contribution in [1.82, 2.24) is 19.7 Å². The zero-order chi connectivity index (χ0) is 20.7. The molecule has 166 valence electrons. The van der Waals surface area contributed by atoms with Crippen LogP contribution >= 0.6 is 11.3 Å². The van der Waals surface area contributed by atoms with Gasteiger partial charge in [0.25, 0.3) is 0 Å². The van der Waals surface area contributed by atoms with Crippen LogP contribution in [-0.4, -0.2) is 84.1 Å². The highest BCUT2D eigenvalue weighted by atomic mass is 32.1. The first-order valence-corrected chi connectivity index (χ1v) is 12.5. The van der Waals surface area contributed by atoms with E-state index in [1.807, 2.05) is 0 Å². The van der Waals surface area contributed by atoms with E-state index in [1.165, 1.54) is 4.88 Å². The molecule has 0 spiro atoms. The van der Waals surface area contributed by atoms with Gasteiger partial charge in [-0.25, -0.2) is 4.98 Å². The lowest BCUT2D eigenvalue weighted by atomic mass is 9.60. The molecule has 4 aliphatic rings. The lowest BCUT2D eigenvalue weighted by Gasteiger charge is -2.54. The summed E-state index contributed by atoms with van der Waals surface area (Å²) in [6, 6.07) is 0.613. The molecular formula is C22H35N5O2S. The number of thiazole rings is 1. The first kappa shape index (κ1) is 20.7. The van der Waals surface area contributed by atoms with E-state index in [0.717, 1.165) is 90.3 Å². The van der Waals surface area contributed by atoms with Crippen molar-refractivity contribution in [2.75, 3.05) is 58.2 Å². The average Bonchev–Trinajstić information content (AvgIpc) is 3.17. The first-order chi connectivity index (χ1) is 14.6. The van der Waals surface area contributed by atoms with Gasteiger partial charge in [0.05, 0.1) is 30.9 Å². The molecule has 8 heteroatoms. The van der Waals surface area contributed by atoms with Crippen molar-refractivity contribution < 1.29 is 9.53 Å². The second kappa shape index (κ2) is 8.37. The fourth-order valence-electron chi connectivity index (χ4n) is 6.32. The molecule has 5 rings (SSSR count). The Balaban J connectivity index is 1.36. The summed E-state index contributed by atoms with van der Waals surface area (Å²) in [5.74, 6) is 0.881. The van der Waals surface area contributed by atoms with Crippen LogP contribution < -0.4 is 5.73 Å². The molecule has 0 unspecified atom stereocenters. The highest BCUT2D eigenvalue weighted by Gasteiger charge is 2.53. The Morgan fingerprint density at radius 3 is 2.90 bits per heavy atom. The molecule has 0 radical (unpaired) electrons. The van der Waals surface area contributed by atoms with E-state index in [9.17, 15) is 4.79 Å². The maximum atomic E-state index is 14.1. The molecule has 2 N–H and O–H groups in total. The van der Waals surface area contributed by atoms with Crippen LogP contribution in [0, 0.1) is 11.3 Å². The molecule has 3 aliphatic heterocycles. The summed E-state index contributed by atoms with van der Waals surface area (Å²) in [6.45, 7) is 10.6. The average molecular weight is 434 g/mol. The summed E-state index contributed by atoms with van der Waals surface area (Å²) in [5.41, 5.74) is 6.82. The third-order valence-electron chi connectivity index (χ3n) is 8.03. The van der Waals surface area contributed by atoms with Gasteiger partial charge < -0.3 is 20.3 Å². The van der Waals surface area contributed by atoms with Gasteiger partial charge in [0.15, 0.2) is 5.13 Å². The lowest BCUT2D eigenvalue weighted by Crippen LogP contribution is -2.61. The summed E-state index contributed by atoms with van der Waals surface area (Å²) < 4.78 is 5.57. The fraction of sp³-hybridized carbons (Fsp3) is 0.818. The van der Waals surface area contributed by atoms with Gasteiger partial charge >= 0.3 is 0 Å². The Morgan fingerprint density at radius 1 is 1.27 bits per heavy atom. The molecule has 1 aromatic heterocycles. The van der Waals surface area contributed by atoms with Crippen molar-refractivity contribution in [3.8, 4) is 0 Å². The Labute approximate surface area is 183 Å². The molecule has 0 aromatic carbocycles. The molecule has 7 nitrogen and oxygen atoms in total. The number of anilines is 1. The number of ether oxygens (including phenoxy) is 1. The Morgan fingerprint density at radius 2 is 2.10 bits per heavy atom. The fourth-order valence-corrected chi connectivity index (χ4v) is 7.21. The zero-order valence-corrected chi connectivity index (χ0v) is 19.0. The Hall–Kier alpha value is -1.22. The predicted octanol–water partition coefficient (Wildman–Crippen LogP) is 1.82. The number of hydrogen-bond acceptors (Lipinski definition) is 7. The van der Waals surface area contributed by atoms with Gasteiger partial charge in [-0.05, 0) is 44.7 Å². The lowest BCUT2D eigenvalue weighted by molar-refractivity contribution is -0.157. The van der Waals surface area contributed by atoms with Gasteiger partial charge in [0, 0.05) is 43.5 Å². The van der Waals surface area contributed by atoms with E-state index in [-0.39, 0.29) is 5.41 Å². The maximum absolute atomic E-state index is 14.1. The van der Waals surface area contributed by atoms with Gasteiger partial charge in [-0.15, -0.1) is 11.3 Å². The van der Waals surface area contributed by atoms with E-state index in [4.69, 9.17) is 10.5 Å². The number of hydrogen-bond donors (Lipinski definition) is 1. The highest BCUT2D eigenvalue weighted by Crippen LogP contribution is 2.49. The van der Waals surface area contributed by atoms with Crippen LogP contribution in [0.2, 0.25) is 0 Å². The minimum Gasteiger partial charge on any atom is -0.379 e. The molecular weight excluding hydrogens is 398 g/mol. The molecule has 0 bridgehead atoms. The van der Waals surface area contributed by atoms with E-state index >= 15 is 0 Å². The van der Waals surface area contributed by atoms with Crippen LogP contribution in [-0.2, 0) is 22.5 Å². The number of carbonyl (C=O) groups is 1. The monoisotopic (exact) mass is 433 g/mol. The van der Waals surface area contributed by atoms with Crippen molar-refractivity contribution in [3.05, 3.63) is 10.6 Å². The molecule has 4 heterocycles. The molecule has 3 fully saturated rings. The molecule has 30 heavy (non-hydrogen) atoms. The molecule has 1 saturated carbocycles. The summed E-state index contributed by atoms with van der Waals surface area (Å²) in [7, 11) is 0. The SMILES string of the molecule is CCN1CC[C@@H]2C[C@@H](N3CCOCC3)CC[C@@]2(C(=O)N2CCc3nc(N)sc3C2)C1. The summed E-state index contributed by atoms with van der Waals surface area (Å²) in [6.07, 6.45) is 5.29. The minimum absolute atomic E-state index is 0.217. The third kappa shape index (κ3) is 3.66. The zero-order valence-electron chi connectivity index (χ0n) is 18.1. The maximum Gasteiger partial charge on any atom is 0.230 e. The van der Waals surface area contributed by atoms with Gasteiger partial charge in [0.2, 0.25) is 5.91 Å². The van der Waals surface area contributed by atoms with Crippen LogP contribution in [0.5, 0.6) is 0 Å². The van der Waals surface area contributed by atoms with Crippen LogP contribution in [0.3, 0.4) is 0 Å². The number of morpholine rings is 1. The first-order valence-electron chi connectivity index (χ1n) is 11.7. The number of likely N-dealkylation sites (tertiary alicyclic amines) is 1. The molecule has 3 atom stereocenters. The van der Waals surface area contributed by atoms with Crippen molar-refractivity contribution in [2.24, 2.45) is 11.3 Å². The van der Waals surface area contributed by atoms with Crippen LogP contribution in [0.25, 0.3) is 0 Å². The second-order valence-corrected chi connectivity index (χ2v) is 10.6. The number of carbonyl (C=O) groups excluding carboxylic acids is 1. The number of piperidine rings is 1. The van der Waals surface area contributed by atoms with E-state index < -0.39 is 0 Å². The number of nitrogens with zero attached hydrogens (tertiary/aromatic N) is 4. The highest BCUT2D eigenvalue weighted by molar-refractivity contribution is 7.15. The van der Waals surface area contributed by atoms with E-state index in [2.05, 4.69) is 26.6 Å². The van der Waals surface area contributed by atoms with Crippen molar-refractivity contribution >= 4 is 22.4 Å². The predicted molar refractivity (Wildman–Crippen MR) is 118 cm³/mol. The minimum atomic E-state index is -0.217. The molecule has 1 aromatic rings. The Kier molecular flexibility index (Phi) is 5.77. The number of fused-ring (bicyclic) bond motifs is 2. The standard InChI is InChI=1S/C22H35N5O2S/c1-2-25-7-4-16-13-17(26-9-11-29-12-10-26)3-6-22(16,15-25)20(28)27-8-5-18-19(14-27)30-21(23)24-18/h16-17H,2-15H2,1H3,(H2,23,24)/t16-,17+,22-/m1/s1.